The quantitative estimate of drug-likeness (QED) is 0.750. The zero-order valence-corrected chi connectivity index (χ0v) is 15.7. The molecule has 1 fully saturated rings. The number of halogens is 1. The van der Waals surface area contributed by atoms with Gasteiger partial charge in [0.15, 0.2) is 0 Å². The molecule has 1 aromatic rings. The van der Waals surface area contributed by atoms with Crippen LogP contribution in [0.1, 0.15) is 45.1 Å². The predicted octanol–water partition coefficient (Wildman–Crippen LogP) is 3.54. The maximum absolute atomic E-state index is 12.1. The van der Waals surface area contributed by atoms with Crippen molar-refractivity contribution in [1.29, 1.82) is 0 Å². The SMILES string of the molecule is CCCOc1ccc(CNC(=O)CC(C)C2CCCNC2)cc1.Cl. The molecule has 2 N–H and O–H groups in total. The zero-order valence-electron chi connectivity index (χ0n) is 14.8. The minimum absolute atomic E-state index is 0. The fraction of sp³-hybridized carbons (Fsp3) is 0.632. The van der Waals surface area contributed by atoms with Gasteiger partial charge in [-0.2, -0.15) is 0 Å². The van der Waals surface area contributed by atoms with E-state index >= 15 is 0 Å². The van der Waals surface area contributed by atoms with Gasteiger partial charge in [0.25, 0.3) is 0 Å². The second-order valence-electron chi connectivity index (χ2n) is 6.56. The smallest absolute Gasteiger partial charge is 0.220 e. The molecule has 2 rings (SSSR count). The lowest BCUT2D eigenvalue weighted by atomic mass is 9.85. The number of nitrogens with one attached hydrogen (secondary N) is 2. The minimum Gasteiger partial charge on any atom is -0.494 e. The first kappa shape index (κ1) is 20.8. The summed E-state index contributed by atoms with van der Waals surface area (Å²) in [6, 6.07) is 7.96. The van der Waals surface area contributed by atoms with E-state index < -0.39 is 0 Å². The third-order valence-electron chi connectivity index (χ3n) is 4.53. The molecular weight excluding hydrogens is 324 g/mol. The Hall–Kier alpha value is -1.26. The second kappa shape index (κ2) is 11.3. The van der Waals surface area contributed by atoms with Crippen LogP contribution in [0, 0.1) is 11.8 Å². The van der Waals surface area contributed by atoms with Gasteiger partial charge in [0.2, 0.25) is 5.91 Å². The standard InChI is InChI=1S/C19H30N2O2.ClH/c1-3-11-23-18-8-6-16(7-9-18)13-21-19(22)12-15(2)17-5-4-10-20-14-17;/h6-9,15,17,20H,3-5,10-14H2,1-2H3,(H,21,22);1H. The first-order chi connectivity index (χ1) is 11.2. The molecule has 0 radical (unpaired) electrons. The Labute approximate surface area is 152 Å². The van der Waals surface area contributed by atoms with Gasteiger partial charge in [0, 0.05) is 13.0 Å². The Morgan fingerprint density at radius 2 is 2.12 bits per heavy atom. The number of hydrogen-bond acceptors (Lipinski definition) is 3. The van der Waals surface area contributed by atoms with Crippen molar-refractivity contribution >= 4 is 18.3 Å². The summed E-state index contributed by atoms with van der Waals surface area (Å²) in [4.78, 5) is 12.1. The molecule has 24 heavy (non-hydrogen) atoms. The highest BCUT2D eigenvalue weighted by atomic mass is 35.5. The summed E-state index contributed by atoms with van der Waals surface area (Å²) in [6.45, 7) is 7.78. The van der Waals surface area contributed by atoms with Gasteiger partial charge in [-0.25, -0.2) is 0 Å². The second-order valence-corrected chi connectivity index (χ2v) is 6.56. The summed E-state index contributed by atoms with van der Waals surface area (Å²) >= 11 is 0. The Balaban J connectivity index is 0.00000288. The van der Waals surface area contributed by atoms with Gasteiger partial charge in [0.1, 0.15) is 5.75 Å². The monoisotopic (exact) mass is 354 g/mol. The predicted molar refractivity (Wildman–Crippen MR) is 101 cm³/mol. The van der Waals surface area contributed by atoms with E-state index in [1.54, 1.807) is 0 Å². The number of piperidine rings is 1. The van der Waals surface area contributed by atoms with Crippen LogP contribution in [0.5, 0.6) is 5.75 Å². The lowest BCUT2D eigenvalue weighted by Crippen LogP contribution is -2.35. The van der Waals surface area contributed by atoms with Crippen molar-refractivity contribution in [1.82, 2.24) is 10.6 Å². The molecule has 5 heteroatoms. The number of carbonyl (C=O) groups excluding carboxylic acids is 1. The van der Waals surface area contributed by atoms with Crippen molar-refractivity contribution in [2.75, 3.05) is 19.7 Å². The third-order valence-corrected chi connectivity index (χ3v) is 4.53. The number of rotatable bonds is 8. The van der Waals surface area contributed by atoms with E-state index in [4.69, 9.17) is 4.74 Å². The van der Waals surface area contributed by atoms with E-state index in [0.29, 0.717) is 24.8 Å². The van der Waals surface area contributed by atoms with Crippen molar-refractivity contribution in [2.24, 2.45) is 11.8 Å². The van der Waals surface area contributed by atoms with Crippen LogP contribution < -0.4 is 15.4 Å². The van der Waals surface area contributed by atoms with Gasteiger partial charge in [-0.1, -0.05) is 26.0 Å². The van der Waals surface area contributed by atoms with Gasteiger partial charge in [-0.3, -0.25) is 4.79 Å². The van der Waals surface area contributed by atoms with E-state index in [1.807, 2.05) is 24.3 Å². The molecule has 0 bridgehead atoms. The van der Waals surface area contributed by atoms with Crippen molar-refractivity contribution < 1.29 is 9.53 Å². The molecule has 0 spiro atoms. The number of amides is 1. The van der Waals surface area contributed by atoms with Crippen LogP contribution in [-0.2, 0) is 11.3 Å². The molecule has 1 amide bonds. The van der Waals surface area contributed by atoms with Crippen molar-refractivity contribution in [3.05, 3.63) is 29.8 Å². The molecule has 0 aromatic heterocycles. The first-order valence-electron chi connectivity index (χ1n) is 8.88. The summed E-state index contributed by atoms with van der Waals surface area (Å²) in [5.74, 6) is 2.10. The number of carbonyl (C=O) groups is 1. The van der Waals surface area contributed by atoms with Crippen LogP contribution in [0.15, 0.2) is 24.3 Å². The molecule has 1 aliphatic rings. The molecule has 2 atom stereocenters. The van der Waals surface area contributed by atoms with Crippen LogP contribution in [-0.4, -0.2) is 25.6 Å². The lowest BCUT2D eigenvalue weighted by Gasteiger charge is -2.28. The van der Waals surface area contributed by atoms with E-state index in [0.717, 1.165) is 37.4 Å². The normalized spacial score (nSPS) is 18.3. The molecule has 1 saturated heterocycles. The number of benzene rings is 1. The van der Waals surface area contributed by atoms with Crippen molar-refractivity contribution in [3.63, 3.8) is 0 Å². The lowest BCUT2D eigenvalue weighted by molar-refractivity contribution is -0.122. The maximum Gasteiger partial charge on any atom is 0.220 e. The Morgan fingerprint density at radius 1 is 1.38 bits per heavy atom. The Bertz CT molecular complexity index is 473. The summed E-state index contributed by atoms with van der Waals surface area (Å²) in [6.07, 6.45) is 4.08. The molecule has 1 aromatic carbocycles. The van der Waals surface area contributed by atoms with Crippen molar-refractivity contribution in [3.8, 4) is 5.75 Å². The van der Waals surface area contributed by atoms with Gasteiger partial charge in [-0.15, -0.1) is 12.4 Å². The molecular formula is C19H31ClN2O2. The van der Waals surface area contributed by atoms with Crippen molar-refractivity contribution in [2.45, 2.75) is 46.1 Å². The first-order valence-corrected chi connectivity index (χ1v) is 8.88. The summed E-state index contributed by atoms with van der Waals surface area (Å²) in [5.41, 5.74) is 1.11. The highest BCUT2D eigenvalue weighted by molar-refractivity contribution is 5.85. The topological polar surface area (TPSA) is 50.4 Å². The number of ether oxygens (including phenoxy) is 1. The molecule has 0 aliphatic carbocycles. The van der Waals surface area contributed by atoms with Crippen LogP contribution in [0.25, 0.3) is 0 Å². The van der Waals surface area contributed by atoms with E-state index in [2.05, 4.69) is 24.5 Å². The van der Waals surface area contributed by atoms with Crippen LogP contribution in [0.2, 0.25) is 0 Å². The molecule has 0 saturated carbocycles. The fourth-order valence-corrected chi connectivity index (χ4v) is 3.02. The van der Waals surface area contributed by atoms with Crippen LogP contribution in [0.4, 0.5) is 0 Å². The molecule has 1 heterocycles. The number of hydrogen-bond donors (Lipinski definition) is 2. The van der Waals surface area contributed by atoms with E-state index in [1.165, 1.54) is 12.8 Å². The highest BCUT2D eigenvalue weighted by Gasteiger charge is 2.21. The van der Waals surface area contributed by atoms with Gasteiger partial charge in [-0.05, 0) is 61.9 Å². The Kier molecular flexibility index (Phi) is 9.80. The molecule has 2 unspecified atom stereocenters. The fourth-order valence-electron chi connectivity index (χ4n) is 3.02. The zero-order chi connectivity index (χ0) is 16.5. The van der Waals surface area contributed by atoms with E-state index in [9.17, 15) is 4.79 Å². The van der Waals surface area contributed by atoms with Crippen LogP contribution in [0.3, 0.4) is 0 Å². The summed E-state index contributed by atoms with van der Waals surface area (Å²) < 4.78 is 5.56. The van der Waals surface area contributed by atoms with Gasteiger partial charge < -0.3 is 15.4 Å². The third kappa shape index (κ3) is 7.10. The molecule has 1 aliphatic heterocycles. The van der Waals surface area contributed by atoms with Gasteiger partial charge in [0.05, 0.1) is 6.61 Å². The van der Waals surface area contributed by atoms with E-state index in [-0.39, 0.29) is 18.3 Å². The Morgan fingerprint density at radius 3 is 2.75 bits per heavy atom. The molecule has 136 valence electrons. The highest BCUT2D eigenvalue weighted by Crippen LogP contribution is 2.22. The maximum atomic E-state index is 12.1. The summed E-state index contributed by atoms with van der Waals surface area (Å²) in [7, 11) is 0. The van der Waals surface area contributed by atoms with Gasteiger partial charge >= 0.3 is 0 Å². The van der Waals surface area contributed by atoms with Crippen LogP contribution >= 0.6 is 12.4 Å². The average Bonchev–Trinajstić information content (AvgIpc) is 2.59. The minimum atomic E-state index is 0. The molecule has 4 nitrogen and oxygen atoms in total. The largest absolute Gasteiger partial charge is 0.494 e. The summed E-state index contributed by atoms with van der Waals surface area (Å²) in [5, 5.41) is 6.45. The average molecular weight is 355 g/mol.